The van der Waals surface area contributed by atoms with Crippen molar-refractivity contribution >= 4 is 5.82 Å². The van der Waals surface area contributed by atoms with Gasteiger partial charge >= 0.3 is 0 Å². The van der Waals surface area contributed by atoms with Gasteiger partial charge in [-0.15, -0.1) is 0 Å². The van der Waals surface area contributed by atoms with Crippen molar-refractivity contribution in [1.82, 2.24) is 9.97 Å². The van der Waals surface area contributed by atoms with Crippen LogP contribution in [0.2, 0.25) is 0 Å². The average molecular weight is 192 g/mol. The SMILES string of the molecule is OCC1(Nc2ccn[c]n2)CCCC1. The Bertz CT molecular complexity index is 283. The number of nitrogens with one attached hydrogen (secondary N) is 1. The van der Waals surface area contributed by atoms with Gasteiger partial charge in [-0.25, -0.2) is 9.97 Å². The van der Waals surface area contributed by atoms with E-state index < -0.39 is 0 Å². The molecule has 75 valence electrons. The topological polar surface area (TPSA) is 58.0 Å². The van der Waals surface area contributed by atoms with Crippen LogP contribution in [0.25, 0.3) is 0 Å². The minimum Gasteiger partial charge on any atom is -0.394 e. The fraction of sp³-hybridized carbons (Fsp3) is 0.600. The summed E-state index contributed by atoms with van der Waals surface area (Å²) in [5.74, 6) is 0.746. The normalized spacial score (nSPS) is 19.5. The molecule has 2 rings (SSSR count). The van der Waals surface area contributed by atoms with Gasteiger partial charge < -0.3 is 10.4 Å². The Morgan fingerprint density at radius 1 is 1.50 bits per heavy atom. The lowest BCUT2D eigenvalue weighted by Crippen LogP contribution is -2.39. The molecule has 0 unspecified atom stereocenters. The summed E-state index contributed by atoms with van der Waals surface area (Å²) in [5, 5.41) is 12.6. The summed E-state index contributed by atoms with van der Waals surface area (Å²) in [6, 6.07) is 1.80. The first kappa shape index (κ1) is 9.40. The fourth-order valence-corrected chi connectivity index (χ4v) is 1.98. The lowest BCUT2D eigenvalue weighted by atomic mass is 9.99. The second kappa shape index (κ2) is 3.92. The largest absolute Gasteiger partial charge is 0.394 e. The maximum atomic E-state index is 9.36. The van der Waals surface area contributed by atoms with E-state index in [4.69, 9.17) is 0 Å². The molecule has 1 aromatic rings. The highest BCUT2D eigenvalue weighted by Gasteiger charge is 2.33. The van der Waals surface area contributed by atoms with Gasteiger partial charge in [0.25, 0.3) is 0 Å². The van der Waals surface area contributed by atoms with Gasteiger partial charge in [-0.05, 0) is 18.9 Å². The highest BCUT2D eigenvalue weighted by atomic mass is 16.3. The van der Waals surface area contributed by atoms with Crippen molar-refractivity contribution in [2.75, 3.05) is 11.9 Å². The van der Waals surface area contributed by atoms with Crippen molar-refractivity contribution in [3.63, 3.8) is 0 Å². The molecule has 4 heteroatoms. The molecule has 0 aromatic carbocycles. The number of rotatable bonds is 3. The molecule has 1 heterocycles. The van der Waals surface area contributed by atoms with E-state index in [2.05, 4.69) is 21.6 Å². The van der Waals surface area contributed by atoms with Crippen molar-refractivity contribution < 1.29 is 5.11 Å². The highest BCUT2D eigenvalue weighted by molar-refractivity contribution is 5.36. The van der Waals surface area contributed by atoms with Gasteiger partial charge in [0.05, 0.1) is 12.1 Å². The third-order valence-corrected chi connectivity index (χ3v) is 2.79. The molecule has 1 fully saturated rings. The average Bonchev–Trinajstić information content (AvgIpc) is 2.69. The quantitative estimate of drug-likeness (QED) is 0.750. The number of aliphatic hydroxyl groups excluding tert-OH is 1. The first-order chi connectivity index (χ1) is 6.85. The molecule has 14 heavy (non-hydrogen) atoms. The summed E-state index contributed by atoms with van der Waals surface area (Å²) in [7, 11) is 0. The van der Waals surface area contributed by atoms with Crippen LogP contribution in [0.15, 0.2) is 12.3 Å². The Morgan fingerprint density at radius 3 is 2.86 bits per heavy atom. The predicted molar refractivity (Wildman–Crippen MR) is 52.8 cm³/mol. The summed E-state index contributed by atoms with van der Waals surface area (Å²) < 4.78 is 0. The second-order valence-corrected chi connectivity index (χ2v) is 3.81. The van der Waals surface area contributed by atoms with Gasteiger partial charge in [0, 0.05) is 6.20 Å². The van der Waals surface area contributed by atoms with Gasteiger partial charge in [-0.3, -0.25) is 0 Å². The summed E-state index contributed by atoms with van der Waals surface area (Å²) in [6.07, 6.45) is 8.53. The van der Waals surface area contributed by atoms with Gasteiger partial charge in [0.1, 0.15) is 5.82 Å². The van der Waals surface area contributed by atoms with Crippen LogP contribution in [0.5, 0.6) is 0 Å². The van der Waals surface area contributed by atoms with E-state index in [0.29, 0.717) is 0 Å². The smallest absolute Gasteiger partial charge is 0.199 e. The predicted octanol–water partition coefficient (Wildman–Crippen LogP) is 0.994. The van der Waals surface area contributed by atoms with E-state index in [1.54, 1.807) is 12.3 Å². The molecular formula is C10H14N3O. The fourth-order valence-electron chi connectivity index (χ4n) is 1.98. The summed E-state index contributed by atoms with van der Waals surface area (Å²) in [4.78, 5) is 7.71. The van der Waals surface area contributed by atoms with Crippen LogP contribution in [0, 0.1) is 6.33 Å². The van der Waals surface area contributed by atoms with Crippen molar-refractivity contribution in [1.29, 1.82) is 0 Å². The van der Waals surface area contributed by atoms with Gasteiger partial charge in [-0.1, -0.05) is 12.8 Å². The summed E-state index contributed by atoms with van der Waals surface area (Å²) in [5.41, 5.74) is -0.164. The van der Waals surface area contributed by atoms with E-state index >= 15 is 0 Å². The third-order valence-electron chi connectivity index (χ3n) is 2.79. The Balaban J connectivity index is 2.08. The molecule has 0 bridgehead atoms. The lowest BCUT2D eigenvalue weighted by molar-refractivity contribution is 0.214. The molecule has 0 saturated heterocycles. The zero-order chi connectivity index (χ0) is 9.86. The van der Waals surface area contributed by atoms with E-state index in [0.717, 1.165) is 18.7 Å². The van der Waals surface area contributed by atoms with Crippen molar-refractivity contribution in [3.8, 4) is 0 Å². The van der Waals surface area contributed by atoms with Gasteiger partial charge in [0.15, 0.2) is 6.33 Å². The first-order valence-corrected chi connectivity index (χ1v) is 4.93. The molecular weight excluding hydrogens is 178 g/mol. The van der Waals surface area contributed by atoms with Crippen molar-refractivity contribution in [3.05, 3.63) is 18.6 Å². The molecule has 1 radical (unpaired) electrons. The van der Waals surface area contributed by atoms with Crippen LogP contribution in [0.1, 0.15) is 25.7 Å². The number of hydrogen-bond donors (Lipinski definition) is 2. The molecule has 0 aliphatic heterocycles. The Hall–Kier alpha value is -1.16. The standard InChI is InChI=1S/C10H14N3O/c14-7-10(4-1-2-5-10)13-9-3-6-11-8-12-9/h3,6,14H,1-2,4-5,7H2,(H,11,12,13). The lowest BCUT2D eigenvalue weighted by Gasteiger charge is -2.28. The van der Waals surface area contributed by atoms with Crippen LogP contribution < -0.4 is 5.32 Å². The minimum atomic E-state index is -0.164. The minimum absolute atomic E-state index is 0.164. The van der Waals surface area contributed by atoms with E-state index in [9.17, 15) is 5.11 Å². The summed E-state index contributed by atoms with van der Waals surface area (Å²) >= 11 is 0. The highest BCUT2D eigenvalue weighted by Crippen LogP contribution is 2.31. The van der Waals surface area contributed by atoms with E-state index in [1.807, 2.05) is 0 Å². The number of aliphatic hydroxyl groups is 1. The molecule has 1 aromatic heterocycles. The molecule has 0 atom stereocenters. The molecule has 1 aliphatic carbocycles. The molecule has 1 aliphatic rings. The van der Waals surface area contributed by atoms with E-state index in [1.165, 1.54) is 12.8 Å². The number of hydrogen-bond acceptors (Lipinski definition) is 4. The van der Waals surface area contributed by atoms with Gasteiger partial charge in [-0.2, -0.15) is 0 Å². The Labute approximate surface area is 83.4 Å². The molecule has 4 nitrogen and oxygen atoms in total. The van der Waals surface area contributed by atoms with Crippen LogP contribution in [-0.2, 0) is 0 Å². The van der Waals surface area contributed by atoms with Gasteiger partial charge in [0.2, 0.25) is 0 Å². The maximum absolute atomic E-state index is 9.36. The van der Waals surface area contributed by atoms with E-state index in [-0.39, 0.29) is 12.1 Å². The van der Waals surface area contributed by atoms with Crippen LogP contribution in [0.4, 0.5) is 5.82 Å². The third kappa shape index (κ3) is 1.85. The van der Waals surface area contributed by atoms with Crippen LogP contribution >= 0.6 is 0 Å². The monoisotopic (exact) mass is 192 g/mol. The summed E-state index contributed by atoms with van der Waals surface area (Å²) in [6.45, 7) is 0.164. The zero-order valence-corrected chi connectivity index (χ0v) is 8.03. The van der Waals surface area contributed by atoms with Crippen LogP contribution in [0.3, 0.4) is 0 Å². The zero-order valence-electron chi connectivity index (χ0n) is 8.03. The van der Waals surface area contributed by atoms with Crippen LogP contribution in [-0.4, -0.2) is 27.2 Å². The molecule has 1 saturated carbocycles. The maximum Gasteiger partial charge on any atom is 0.199 e. The molecule has 2 N–H and O–H groups in total. The number of aromatic nitrogens is 2. The number of nitrogens with zero attached hydrogens (tertiary/aromatic N) is 2. The second-order valence-electron chi connectivity index (χ2n) is 3.81. The Morgan fingerprint density at radius 2 is 2.29 bits per heavy atom. The van der Waals surface area contributed by atoms with Crippen molar-refractivity contribution in [2.24, 2.45) is 0 Å². The Kier molecular flexibility index (Phi) is 2.63. The number of anilines is 1. The van der Waals surface area contributed by atoms with Crippen molar-refractivity contribution in [2.45, 2.75) is 31.2 Å². The first-order valence-electron chi connectivity index (χ1n) is 4.93. The molecule has 0 spiro atoms. The molecule has 0 amide bonds.